The number of rotatable bonds is 2. The number of amides is 1. The van der Waals surface area contributed by atoms with Crippen molar-refractivity contribution in [3.8, 4) is 0 Å². The van der Waals surface area contributed by atoms with Gasteiger partial charge in [-0.3, -0.25) is 4.79 Å². The van der Waals surface area contributed by atoms with E-state index in [9.17, 15) is 9.90 Å². The van der Waals surface area contributed by atoms with E-state index in [0.717, 1.165) is 25.7 Å². The molecule has 0 heterocycles. The van der Waals surface area contributed by atoms with E-state index in [0.29, 0.717) is 6.54 Å². The lowest BCUT2D eigenvalue weighted by atomic mass is 9.87. The lowest BCUT2D eigenvalue weighted by molar-refractivity contribution is -0.126. The molecule has 1 fully saturated rings. The van der Waals surface area contributed by atoms with Crippen LogP contribution in [0.5, 0.6) is 0 Å². The minimum atomic E-state index is -0.171. The average Bonchev–Trinajstić information content (AvgIpc) is 2.06. The van der Waals surface area contributed by atoms with Gasteiger partial charge in [0.1, 0.15) is 0 Å². The SMILES string of the molecule is CCNC(=O)C1CCC(O)CC1. The van der Waals surface area contributed by atoms with Gasteiger partial charge in [-0.15, -0.1) is 0 Å². The summed E-state index contributed by atoms with van der Waals surface area (Å²) in [5.41, 5.74) is 0. The zero-order chi connectivity index (χ0) is 8.97. The molecule has 0 aromatic heterocycles. The highest BCUT2D eigenvalue weighted by molar-refractivity contribution is 5.78. The Morgan fingerprint density at radius 1 is 1.42 bits per heavy atom. The maximum atomic E-state index is 11.3. The smallest absolute Gasteiger partial charge is 0.223 e. The van der Waals surface area contributed by atoms with Crippen molar-refractivity contribution in [3.05, 3.63) is 0 Å². The molecule has 1 saturated carbocycles. The number of carbonyl (C=O) groups is 1. The minimum absolute atomic E-state index is 0.147. The molecule has 70 valence electrons. The molecule has 3 heteroatoms. The first-order chi connectivity index (χ1) is 5.74. The van der Waals surface area contributed by atoms with E-state index in [1.807, 2.05) is 6.92 Å². The molecule has 0 radical (unpaired) electrons. The first kappa shape index (κ1) is 9.52. The number of hydrogen-bond donors (Lipinski definition) is 2. The van der Waals surface area contributed by atoms with Gasteiger partial charge in [0.05, 0.1) is 6.10 Å². The normalized spacial score (nSPS) is 29.8. The summed E-state index contributed by atoms with van der Waals surface area (Å²) < 4.78 is 0. The van der Waals surface area contributed by atoms with Crippen molar-refractivity contribution in [3.63, 3.8) is 0 Å². The van der Waals surface area contributed by atoms with Crippen LogP contribution in [0, 0.1) is 5.92 Å². The van der Waals surface area contributed by atoms with Crippen LogP contribution in [0.25, 0.3) is 0 Å². The summed E-state index contributed by atoms with van der Waals surface area (Å²) in [6, 6.07) is 0. The Bertz CT molecular complexity index is 151. The lowest BCUT2D eigenvalue weighted by Crippen LogP contribution is -2.33. The summed E-state index contributed by atoms with van der Waals surface area (Å²) in [7, 11) is 0. The molecule has 1 rings (SSSR count). The number of aliphatic hydroxyl groups excluding tert-OH is 1. The second-order valence-electron chi connectivity index (χ2n) is 3.40. The van der Waals surface area contributed by atoms with Crippen molar-refractivity contribution in [1.82, 2.24) is 5.32 Å². The molecule has 0 spiro atoms. The molecule has 0 aliphatic heterocycles. The van der Waals surface area contributed by atoms with Crippen molar-refractivity contribution >= 4 is 5.91 Å². The molecule has 0 bridgehead atoms. The van der Waals surface area contributed by atoms with Gasteiger partial charge >= 0.3 is 0 Å². The van der Waals surface area contributed by atoms with E-state index < -0.39 is 0 Å². The van der Waals surface area contributed by atoms with Gasteiger partial charge in [0.25, 0.3) is 0 Å². The van der Waals surface area contributed by atoms with Gasteiger partial charge in [0.15, 0.2) is 0 Å². The van der Waals surface area contributed by atoms with Crippen LogP contribution in [-0.2, 0) is 4.79 Å². The van der Waals surface area contributed by atoms with E-state index in [-0.39, 0.29) is 17.9 Å². The summed E-state index contributed by atoms with van der Waals surface area (Å²) >= 11 is 0. The molecule has 2 N–H and O–H groups in total. The molecular weight excluding hydrogens is 154 g/mol. The van der Waals surface area contributed by atoms with Crippen molar-refractivity contribution in [2.24, 2.45) is 5.92 Å². The molecule has 0 saturated heterocycles. The Morgan fingerprint density at radius 2 is 2.00 bits per heavy atom. The van der Waals surface area contributed by atoms with Gasteiger partial charge in [-0.2, -0.15) is 0 Å². The van der Waals surface area contributed by atoms with Crippen LogP contribution in [0.2, 0.25) is 0 Å². The predicted octanol–water partition coefficient (Wildman–Crippen LogP) is 0.674. The van der Waals surface area contributed by atoms with Gasteiger partial charge in [0, 0.05) is 12.5 Å². The third-order valence-electron chi connectivity index (χ3n) is 2.42. The van der Waals surface area contributed by atoms with Gasteiger partial charge in [-0.05, 0) is 32.6 Å². The molecule has 3 nitrogen and oxygen atoms in total. The van der Waals surface area contributed by atoms with Crippen molar-refractivity contribution < 1.29 is 9.90 Å². The quantitative estimate of drug-likeness (QED) is 0.641. The molecule has 1 aliphatic carbocycles. The Balaban J connectivity index is 2.29. The molecule has 0 unspecified atom stereocenters. The highest BCUT2D eigenvalue weighted by Gasteiger charge is 2.24. The number of hydrogen-bond acceptors (Lipinski definition) is 2. The molecule has 1 amide bonds. The summed E-state index contributed by atoms with van der Waals surface area (Å²) in [6.45, 7) is 2.63. The van der Waals surface area contributed by atoms with E-state index in [4.69, 9.17) is 0 Å². The molecule has 0 aromatic carbocycles. The summed E-state index contributed by atoms with van der Waals surface area (Å²) in [4.78, 5) is 11.3. The molecule has 0 atom stereocenters. The largest absolute Gasteiger partial charge is 0.393 e. The number of carbonyl (C=O) groups excluding carboxylic acids is 1. The van der Waals surface area contributed by atoms with Gasteiger partial charge in [-0.1, -0.05) is 0 Å². The van der Waals surface area contributed by atoms with E-state index in [1.54, 1.807) is 0 Å². The van der Waals surface area contributed by atoms with Crippen LogP contribution in [0.15, 0.2) is 0 Å². The van der Waals surface area contributed by atoms with Crippen LogP contribution in [-0.4, -0.2) is 23.7 Å². The molecule has 12 heavy (non-hydrogen) atoms. The van der Waals surface area contributed by atoms with E-state index >= 15 is 0 Å². The van der Waals surface area contributed by atoms with Crippen LogP contribution in [0.3, 0.4) is 0 Å². The van der Waals surface area contributed by atoms with E-state index in [1.165, 1.54) is 0 Å². The predicted molar refractivity (Wildman–Crippen MR) is 46.6 cm³/mol. The Labute approximate surface area is 73.2 Å². The second-order valence-corrected chi connectivity index (χ2v) is 3.40. The van der Waals surface area contributed by atoms with Crippen molar-refractivity contribution in [1.29, 1.82) is 0 Å². The van der Waals surface area contributed by atoms with Crippen LogP contribution >= 0.6 is 0 Å². The second kappa shape index (κ2) is 4.45. The molecule has 1 aliphatic rings. The fourth-order valence-electron chi connectivity index (χ4n) is 1.66. The monoisotopic (exact) mass is 171 g/mol. The van der Waals surface area contributed by atoms with Crippen LogP contribution in [0.1, 0.15) is 32.6 Å². The Hall–Kier alpha value is -0.570. The topological polar surface area (TPSA) is 49.3 Å². The first-order valence-electron chi connectivity index (χ1n) is 4.69. The average molecular weight is 171 g/mol. The van der Waals surface area contributed by atoms with Crippen molar-refractivity contribution in [2.75, 3.05) is 6.54 Å². The zero-order valence-corrected chi connectivity index (χ0v) is 7.55. The van der Waals surface area contributed by atoms with Gasteiger partial charge < -0.3 is 10.4 Å². The molecular formula is C9H17NO2. The highest BCUT2D eigenvalue weighted by Crippen LogP contribution is 2.23. The summed E-state index contributed by atoms with van der Waals surface area (Å²) in [6.07, 6.45) is 3.07. The van der Waals surface area contributed by atoms with Crippen LogP contribution in [0.4, 0.5) is 0 Å². The third kappa shape index (κ3) is 2.48. The van der Waals surface area contributed by atoms with E-state index in [2.05, 4.69) is 5.32 Å². The number of aliphatic hydroxyl groups is 1. The Morgan fingerprint density at radius 3 is 2.50 bits per heavy atom. The fraction of sp³-hybridized carbons (Fsp3) is 0.889. The summed E-state index contributed by atoms with van der Waals surface area (Å²) in [5, 5.41) is 12.0. The first-order valence-corrected chi connectivity index (χ1v) is 4.69. The summed E-state index contributed by atoms with van der Waals surface area (Å²) in [5.74, 6) is 0.303. The molecule has 0 aromatic rings. The van der Waals surface area contributed by atoms with Crippen LogP contribution < -0.4 is 5.32 Å². The maximum absolute atomic E-state index is 11.3. The fourth-order valence-corrected chi connectivity index (χ4v) is 1.66. The maximum Gasteiger partial charge on any atom is 0.223 e. The zero-order valence-electron chi connectivity index (χ0n) is 7.55. The van der Waals surface area contributed by atoms with Crippen molar-refractivity contribution in [2.45, 2.75) is 38.7 Å². The lowest BCUT2D eigenvalue weighted by Gasteiger charge is -2.24. The Kier molecular flexibility index (Phi) is 3.53. The third-order valence-corrected chi connectivity index (χ3v) is 2.42. The standard InChI is InChI=1S/C9H17NO2/c1-2-10-9(12)7-3-5-8(11)6-4-7/h7-8,11H,2-6H2,1H3,(H,10,12). The highest BCUT2D eigenvalue weighted by atomic mass is 16.3. The van der Waals surface area contributed by atoms with Gasteiger partial charge in [-0.25, -0.2) is 0 Å². The minimum Gasteiger partial charge on any atom is -0.393 e. The van der Waals surface area contributed by atoms with Gasteiger partial charge in [0.2, 0.25) is 5.91 Å². The number of nitrogens with one attached hydrogen (secondary N) is 1.